The van der Waals surface area contributed by atoms with Gasteiger partial charge in [0.15, 0.2) is 0 Å². The van der Waals surface area contributed by atoms with Crippen molar-refractivity contribution >= 4 is 22.4 Å². The fraction of sp³-hybridized carbons (Fsp3) is 0.217. The molecule has 4 aromatic rings. The van der Waals surface area contributed by atoms with Gasteiger partial charge in [0.05, 0.1) is 11.1 Å². The molecular formula is C23H21N3O3S. The highest BCUT2D eigenvalue weighted by Crippen LogP contribution is 2.19. The largest absolute Gasteiger partial charge is 0.493 e. The first-order valence-corrected chi connectivity index (χ1v) is 10.6. The van der Waals surface area contributed by atoms with Crippen LogP contribution in [-0.2, 0) is 6.42 Å². The number of aromatic nitrogens is 3. The first kappa shape index (κ1) is 20.0. The molecule has 0 fully saturated rings. The number of thiazole rings is 1. The SMILES string of the molecule is CCCOc1ccccc1C=c1sc2nc(=O)c(Cc3ccc(C)cc3)nn2c1=O. The van der Waals surface area contributed by atoms with Crippen LogP contribution in [0.15, 0.2) is 58.1 Å². The molecular weight excluding hydrogens is 398 g/mol. The van der Waals surface area contributed by atoms with Crippen molar-refractivity contribution in [2.75, 3.05) is 6.61 Å². The number of benzene rings is 2. The van der Waals surface area contributed by atoms with E-state index in [4.69, 9.17) is 4.74 Å². The van der Waals surface area contributed by atoms with E-state index >= 15 is 0 Å². The quantitative estimate of drug-likeness (QED) is 0.481. The zero-order valence-corrected chi connectivity index (χ0v) is 17.6. The van der Waals surface area contributed by atoms with Crippen LogP contribution in [0.3, 0.4) is 0 Å². The first-order chi connectivity index (χ1) is 14.5. The van der Waals surface area contributed by atoms with E-state index in [9.17, 15) is 9.59 Å². The van der Waals surface area contributed by atoms with Crippen molar-refractivity contribution in [3.63, 3.8) is 0 Å². The summed E-state index contributed by atoms with van der Waals surface area (Å²) < 4.78 is 7.44. The molecule has 4 rings (SSSR count). The van der Waals surface area contributed by atoms with Gasteiger partial charge in [0, 0.05) is 12.0 Å². The second-order valence-corrected chi connectivity index (χ2v) is 8.03. The number of para-hydroxylation sites is 1. The molecule has 0 radical (unpaired) electrons. The zero-order chi connectivity index (χ0) is 21.1. The standard InChI is InChI=1S/C23H21N3O3S/c1-3-12-29-19-7-5-4-6-17(19)14-20-22(28)26-23(30-20)24-21(27)18(25-26)13-16-10-8-15(2)9-11-16/h4-11,14H,3,12-13H2,1-2H3. The predicted molar refractivity (Wildman–Crippen MR) is 118 cm³/mol. The third-order valence-corrected chi connectivity index (χ3v) is 5.57. The number of fused-ring (bicyclic) bond motifs is 1. The van der Waals surface area contributed by atoms with Crippen LogP contribution >= 0.6 is 11.3 Å². The molecule has 2 aromatic heterocycles. The van der Waals surface area contributed by atoms with Gasteiger partial charge < -0.3 is 4.74 Å². The van der Waals surface area contributed by atoms with Crippen molar-refractivity contribution in [1.82, 2.24) is 14.6 Å². The highest BCUT2D eigenvalue weighted by molar-refractivity contribution is 7.15. The fourth-order valence-corrected chi connectivity index (χ4v) is 3.93. The van der Waals surface area contributed by atoms with Crippen LogP contribution in [0.25, 0.3) is 11.0 Å². The molecule has 0 aliphatic rings. The summed E-state index contributed by atoms with van der Waals surface area (Å²) in [4.78, 5) is 29.7. The van der Waals surface area contributed by atoms with Crippen molar-refractivity contribution in [1.29, 1.82) is 0 Å². The van der Waals surface area contributed by atoms with Gasteiger partial charge in [0.1, 0.15) is 11.4 Å². The molecule has 152 valence electrons. The van der Waals surface area contributed by atoms with Crippen molar-refractivity contribution < 1.29 is 4.74 Å². The lowest BCUT2D eigenvalue weighted by molar-refractivity contribution is 0.317. The molecule has 30 heavy (non-hydrogen) atoms. The molecule has 0 aliphatic carbocycles. The molecule has 0 amide bonds. The fourth-order valence-electron chi connectivity index (χ4n) is 3.04. The number of nitrogens with zero attached hydrogens (tertiary/aromatic N) is 3. The Balaban J connectivity index is 1.76. The van der Waals surface area contributed by atoms with Crippen LogP contribution in [0.1, 0.15) is 35.7 Å². The molecule has 0 bridgehead atoms. The Morgan fingerprint density at radius 1 is 1.10 bits per heavy atom. The van der Waals surface area contributed by atoms with Crippen molar-refractivity contribution in [3.05, 3.63) is 96.2 Å². The third kappa shape index (κ3) is 4.16. The summed E-state index contributed by atoms with van der Waals surface area (Å²) in [5.74, 6) is 0.715. The van der Waals surface area contributed by atoms with E-state index in [1.54, 1.807) is 6.08 Å². The molecule has 0 atom stereocenters. The van der Waals surface area contributed by atoms with Gasteiger partial charge in [-0.25, -0.2) is 0 Å². The topological polar surface area (TPSA) is 73.6 Å². The van der Waals surface area contributed by atoms with Crippen LogP contribution in [0, 0.1) is 6.92 Å². The summed E-state index contributed by atoms with van der Waals surface area (Å²) in [6.45, 7) is 4.64. The molecule has 0 unspecified atom stereocenters. The second kappa shape index (κ2) is 8.59. The summed E-state index contributed by atoms with van der Waals surface area (Å²) in [6.07, 6.45) is 2.99. The normalized spacial score (nSPS) is 11.9. The van der Waals surface area contributed by atoms with E-state index in [-0.39, 0.29) is 16.2 Å². The number of hydrogen-bond donors (Lipinski definition) is 0. The lowest BCUT2D eigenvalue weighted by atomic mass is 10.1. The van der Waals surface area contributed by atoms with Gasteiger partial charge in [-0.1, -0.05) is 66.3 Å². The van der Waals surface area contributed by atoms with Crippen LogP contribution < -0.4 is 20.4 Å². The van der Waals surface area contributed by atoms with Crippen LogP contribution in [0.4, 0.5) is 0 Å². The Kier molecular flexibility index (Phi) is 5.72. The summed E-state index contributed by atoms with van der Waals surface area (Å²) >= 11 is 1.15. The Morgan fingerprint density at radius 3 is 2.63 bits per heavy atom. The number of rotatable bonds is 6. The third-order valence-electron chi connectivity index (χ3n) is 4.61. The van der Waals surface area contributed by atoms with Crippen molar-refractivity contribution in [2.24, 2.45) is 0 Å². The van der Waals surface area contributed by atoms with E-state index in [2.05, 4.69) is 10.1 Å². The molecule has 0 spiro atoms. The minimum absolute atomic E-state index is 0.254. The van der Waals surface area contributed by atoms with Gasteiger partial charge >= 0.3 is 0 Å². The number of hydrogen-bond acceptors (Lipinski definition) is 6. The molecule has 0 saturated carbocycles. The van der Waals surface area contributed by atoms with Gasteiger partial charge in [-0.3, -0.25) is 9.59 Å². The maximum atomic E-state index is 12.9. The average molecular weight is 420 g/mol. The number of ether oxygens (including phenoxy) is 1. The minimum Gasteiger partial charge on any atom is -0.493 e. The van der Waals surface area contributed by atoms with Crippen molar-refractivity contribution in [3.8, 4) is 5.75 Å². The zero-order valence-electron chi connectivity index (χ0n) is 16.8. The minimum atomic E-state index is -0.407. The van der Waals surface area contributed by atoms with Gasteiger partial charge in [0.25, 0.3) is 11.1 Å². The maximum absolute atomic E-state index is 12.9. The van der Waals surface area contributed by atoms with Crippen LogP contribution in [-0.4, -0.2) is 21.2 Å². The van der Waals surface area contributed by atoms with Gasteiger partial charge in [-0.2, -0.15) is 14.6 Å². The Bertz CT molecular complexity index is 1360. The smallest absolute Gasteiger partial charge is 0.296 e. The van der Waals surface area contributed by atoms with Gasteiger partial charge in [0.2, 0.25) is 4.96 Å². The lowest BCUT2D eigenvalue weighted by Crippen LogP contribution is -2.28. The molecule has 0 N–H and O–H groups in total. The van der Waals surface area contributed by atoms with Crippen molar-refractivity contribution in [2.45, 2.75) is 26.7 Å². The van der Waals surface area contributed by atoms with E-state index < -0.39 is 5.56 Å². The van der Waals surface area contributed by atoms with Crippen LogP contribution in [0.5, 0.6) is 5.75 Å². The highest BCUT2D eigenvalue weighted by Gasteiger charge is 2.12. The summed E-state index contributed by atoms with van der Waals surface area (Å²) in [7, 11) is 0. The van der Waals surface area contributed by atoms with E-state index in [0.717, 1.165) is 34.4 Å². The summed E-state index contributed by atoms with van der Waals surface area (Å²) in [5.41, 5.74) is 2.44. The van der Waals surface area contributed by atoms with Gasteiger partial charge in [-0.05, 0) is 31.1 Å². The van der Waals surface area contributed by atoms with Crippen LogP contribution in [0.2, 0.25) is 0 Å². The molecule has 6 nitrogen and oxygen atoms in total. The van der Waals surface area contributed by atoms with E-state index in [1.807, 2.05) is 62.4 Å². The number of aryl methyl sites for hydroxylation is 1. The Morgan fingerprint density at radius 2 is 1.87 bits per heavy atom. The monoisotopic (exact) mass is 419 g/mol. The second-order valence-electron chi connectivity index (χ2n) is 7.02. The Labute approximate surface area is 177 Å². The lowest BCUT2D eigenvalue weighted by Gasteiger charge is -2.07. The highest BCUT2D eigenvalue weighted by atomic mass is 32.1. The molecule has 0 aliphatic heterocycles. The predicted octanol–water partition coefficient (Wildman–Crippen LogP) is 2.75. The van der Waals surface area contributed by atoms with E-state index in [1.165, 1.54) is 4.52 Å². The molecule has 7 heteroatoms. The molecule has 2 aromatic carbocycles. The summed E-state index contributed by atoms with van der Waals surface area (Å²) in [6, 6.07) is 15.4. The van der Waals surface area contributed by atoms with Gasteiger partial charge in [-0.15, -0.1) is 0 Å². The average Bonchev–Trinajstić information content (AvgIpc) is 3.04. The maximum Gasteiger partial charge on any atom is 0.296 e. The Hall–Kier alpha value is -3.32. The molecule has 2 heterocycles. The molecule has 0 saturated heterocycles. The first-order valence-electron chi connectivity index (χ1n) is 9.77. The van der Waals surface area contributed by atoms with E-state index in [0.29, 0.717) is 23.3 Å². The summed E-state index contributed by atoms with van der Waals surface area (Å²) in [5, 5.41) is 4.31.